The summed E-state index contributed by atoms with van der Waals surface area (Å²) in [5.74, 6) is -0.619. The molecule has 0 unspecified atom stereocenters. The second-order valence-electron chi connectivity index (χ2n) is 7.63. The number of para-hydroxylation sites is 1. The van der Waals surface area contributed by atoms with Crippen molar-refractivity contribution in [1.82, 2.24) is 0 Å². The molecule has 0 aliphatic rings. The van der Waals surface area contributed by atoms with Crippen LogP contribution in [0.4, 0.5) is 0 Å². The number of aliphatic carboxylic acids is 1. The summed E-state index contributed by atoms with van der Waals surface area (Å²) >= 11 is 0. The lowest BCUT2D eigenvalue weighted by Gasteiger charge is -2.10. The molecular formula is C25H28O5. The van der Waals surface area contributed by atoms with Gasteiger partial charge >= 0.3 is 5.97 Å². The minimum Gasteiger partial charge on any atom is -0.504 e. The van der Waals surface area contributed by atoms with E-state index in [1.807, 2.05) is 42.5 Å². The Morgan fingerprint density at radius 3 is 2.47 bits per heavy atom. The Balaban J connectivity index is 1.42. The summed E-state index contributed by atoms with van der Waals surface area (Å²) in [6, 6.07) is 16.6. The largest absolute Gasteiger partial charge is 0.504 e. The van der Waals surface area contributed by atoms with E-state index in [0.29, 0.717) is 6.61 Å². The number of fused-ring (bicyclic) bond motifs is 1. The molecule has 0 aliphatic carbocycles. The number of benzene rings is 3. The Bertz CT molecular complexity index is 1010. The van der Waals surface area contributed by atoms with Crippen molar-refractivity contribution < 1.29 is 24.9 Å². The maximum atomic E-state index is 11.2. The zero-order valence-electron chi connectivity index (χ0n) is 17.2. The molecule has 158 valence electrons. The summed E-state index contributed by atoms with van der Waals surface area (Å²) in [6.07, 6.45) is 4.70. The number of unbranched alkanes of at least 4 members (excludes halogenated alkanes) is 3. The van der Waals surface area contributed by atoms with Gasteiger partial charge in [-0.2, -0.15) is 0 Å². The summed E-state index contributed by atoms with van der Waals surface area (Å²) < 4.78 is 5.86. The Hall–Kier alpha value is -3.21. The van der Waals surface area contributed by atoms with Gasteiger partial charge in [-0.15, -0.1) is 0 Å². The summed E-state index contributed by atoms with van der Waals surface area (Å²) in [6.45, 7) is 2.32. The first-order chi connectivity index (χ1) is 14.5. The molecule has 0 fully saturated rings. The fourth-order valence-corrected chi connectivity index (χ4v) is 3.48. The molecule has 3 N–H and O–H groups in total. The van der Waals surface area contributed by atoms with Crippen LogP contribution >= 0.6 is 0 Å². The molecule has 0 aliphatic heterocycles. The molecular weight excluding hydrogens is 380 g/mol. The average Bonchev–Trinajstić information content (AvgIpc) is 2.74. The highest BCUT2D eigenvalue weighted by atomic mass is 16.5. The number of rotatable bonds is 10. The predicted octanol–water partition coefficient (Wildman–Crippen LogP) is 5.62. The highest BCUT2D eigenvalue weighted by molar-refractivity contribution is 5.86. The molecule has 3 aromatic carbocycles. The summed E-state index contributed by atoms with van der Waals surface area (Å²) in [5.41, 5.74) is 1.58. The van der Waals surface area contributed by atoms with Crippen LogP contribution in [-0.2, 0) is 11.2 Å². The standard InChI is InChI=1S/C25H28O5/c1-17(25(28)29)19-10-11-21-16-22(13-12-20(21)15-19)30-14-5-3-2-4-7-18-8-6-9-23(26)24(18)27/h6,8-13,15-17,26-27H,2-5,7,14H2,1H3,(H,28,29)/t17-/m0/s1. The van der Waals surface area contributed by atoms with Crippen molar-refractivity contribution in [3.8, 4) is 17.2 Å². The lowest BCUT2D eigenvalue weighted by Crippen LogP contribution is -2.07. The SMILES string of the molecule is C[C@H](C(=O)O)c1ccc2cc(OCCCCCCc3cccc(O)c3O)ccc2c1. The number of aromatic hydroxyl groups is 2. The molecule has 5 nitrogen and oxygen atoms in total. The van der Waals surface area contributed by atoms with Gasteiger partial charge in [-0.05, 0) is 66.3 Å². The molecule has 5 heteroatoms. The van der Waals surface area contributed by atoms with E-state index < -0.39 is 11.9 Å². The van der Waals surface area contributed by atoms with Crippen LogP contribution in [-0.4, -0.2) is 27.9 Å². The van der Waals surface area contributed by atoms with E-state index in [2.05, 4.69) is 0 Å². The van der Waals surface area contributed by atoms with Crippen LogP contribution in [0.3, 0.4) is 0 Å². The van der Waals surface area contributed by atoms with E-state index in [9.17, 15) is 15.0 Å². The molecule has 3 rings (SSSR count). The van der Waals surface area contributed by atoms with Crippen molar-refractivity contribution in [3.63, 3.8) is 0 Å². The van der Waals surface area contributed by atoms with Gasteiger partial charge in [0.15, 0.2) is 11.5 Å². The van der Waals surface area contributed by atoms with E-state index in [1.54, 1.807) is 13.0 Å². The molecule has 0 saturated heterocycles. The quantitative estimate of drug-likeness (QED) is 0.299. The highest BCUT2D eigenvalue weighted by Crippen LogP contribution is 2.29. The first kappa shape index (κ1) is 21.5. The van der Waals surface area contributed by atoms with Crippen LogP contribution in [0, 0.1) is 0 Å². The Morgan fingerprint density at radius 2 is 1.67 bits per heavy atom. The molecule has 0 bridgehead atoms. The van der Waals surface area contributed by atoms with Gasteiger partial charge in [-0.3, -0.25) is 4.79 Å². The number of carboxylic acids is 1. The van der Waals surface area contributed by atoms with Gasteiger partial charge < -0.3 is 20.1 Å². The molecule has 0 radical (unpaired) electrons. The third kappa shape index (κ3) is 5.44. The maximum absolute atomic E-state index is 11.2. The van der Waals surface area contributed by atoms with E-state index in [1.165, 1.54) is 6.07 Å². The van der Waals surface area contributed by atoms with Crippen LogP contribution in [0.2, 0.25) is 0 Å². The van der Waals surface area contributed by atoms with Crippen molar-refractivity contribution in [1.29, 1.82) is 0 Å². The number of carboxylic acid groups (broad SMARTS) is 1. The highest BCUT2D eigenvalue weighted by Gasteiger charge is 2.13. The lowest BCUT2D eigenvalue weighted by atomic mass is 9.98. The fourth-order valence-electron chi connectivity index (χ4n) is 3.48. The molecule has 0 amide bonds. The van der Waals surface area contributed by atoms with Crippen molar-refractivity contribution in [3.05, 3.63) is 65.7 Å². The second kappa shape index (κ2) is 10.0. The molecule has 0 heterocycles. The first-order valence-electron chi connectivity index (χ1n) is 10.3. The average molecular weight is 408 g/mol. The van der Waals surface area contributed by atoms with Gasteiger partial charge in [0.05, 0.1) is 12.5 Å². The van der Waals surface area contributed by atoms with Crippen molar-refractivity contribution >= 4 is 16.7 Å². The minimum atomic E-state index is -0.826. The van der Waals surface area contributed by atoms with E-state index in [0.717, 1.165) is 59.8 Å². The second-order valence-corrected chi connectivity index (χ2v) is 7.63. The van der Waals surface area contributed by atoms with E-state index >= 15 is 0 Å². The van der Waals surface area contributed by atoms with Gasteiger partial charge in [-0.25, -0.2) is 0 Å². The number of ether oxygens (including phenoxy) is 1. The van der Waals surface area contributed by atoms with Gasteiger partial charge in [-0.1, -0.05) is 49.2 Å². The van der Waals surface area contributed by atoms with Crippen molar-refractivity contribution in [2.75, 3.05) is 6.61 Å². The summed E-state index contributed by atoms with van der Waals surface area (Å²) in [7, 11) is 0. The van der Waals surface area contributed by atoms with Crippen molar-refractivity contribution in [2.24, 2.45) is 0 Å². The molecule has 0 saturated carbocycles. The monoisotopic (exact) mass is 408 g/mol. The normalized spacial score (nSPS) is 12.0. The van der Waals surface area contributed by atoms with Gasteiger partial charge in [0.25, 0.3) is 0 Å². The topological polar surface area (TPSA) is 87.0 Å². The van der Waals surface area contributed by atoms with Crippen LogP contribution in [0.1, 0.15) is 49.7 Å². The van der Waals surface area contributed by atoms with Gasteiger partial charge in [0, 0.05) is 0 Å². The zero-order valence-corrected chi connectivity index (χ0v) is 17.2. The third-order valence-electron chi connectivity index (χ3n) is 5.41. The molecule has 0 spiro atoms. The van der Waals surface area contributed by atoms with Gasteiger partial charge in [0.2, 0.25) is 0 Å². The zero-order chi connectivity index (χ0) is 21.5. The Morgan fingerprint density at radius 1 is 0.933 bits per heavy atom. The molecule has 3 aromatic rings. The lowest BCUT2D eigenvalue weighted by molar-refractivity contribution is -0.138. The van der Waals surface area contributed by atoms with Crippen LogP contribution in [0.5, 0.6) is 17.2 Å². The molecule has 30 heavy (non-hydrogen) atoms. The number of aryl methyl sites for hydroxylation is 1. The van der Waals surface area contributed by atoms with Crippen LogP contribution in [0.15, 0.2) is 54.6 Å². The van der Waals surface area contributed by atoms with E-state index in [-0.39, 0.29) is 11.5 Å². The van der Waals surface area contributed by atoms with E-state index in [4.69, 9.17) is 9.84 Å². The van der Waals surface area contributed by atoms with Crippen LogP contribution < -0.4 is 4.74 Å². The Labute approximate surface area is 176 Å². The number of phenolic OH excluding ortho intramolecular Hbond substituents is 2. The number of carbonyl (C=O) groups is 1. The molecule has 1 atom stereocenters. The number of hydrogen-bond donors (Lipinski definition) is 3. The number of hydrogen-bond acceptors (Lipinski definition) is 4. The van der Waals surface area contributed by atoms with Crippen LogP contribution in [0.25, 0.3) is 10.8 Å². The Kier molecular flexibility index (Phi) is 7.17. The third-order valence-corrected chi connectivity index (χ3v) is 5.41. The smallest absolute Gasteiger partial charge is 0.310 e. The maximum Gasteiger partial charge on any atom is 0.310 e. The first-order valence-corrected chi connectivity index (χ1v) is 10.3. The minimum absolute atomic E-state index is 0.0123. The summed E-state index contributed by atoms with van der Waals surface area (Å²) in [4.78, 5) is 11.2. The van der Waals surface area contributed by atoms with Gasteiger partial charge in [0.1, 0.15) is 5.75 Å². The molecule has 0 aromatic heterocycles. The number of phenols is 2. The van der Waals surface area contributed by atoms with Crippen molar-refractivity contribution in [2.45, 2.75) is 44.9 Å². The fraction of sp³-hybridized carbons (Fsp3) is 0.320. The summed E-state index contributed by atoms with van der Waals surface area (Å²) in [5, 5.41) is 30.5. The predicted molar refractivity (Wildman–Crippen MR) is 117 cm³/mol.